The summed E-state index contributed by atoms with van der Waals surface area (Å²) in [7, 11) is 0. The normalized spacial score (nSPS) is 14.5. The number of aryl methyl sites for hydroxylation is 1. The van der Waals surface area contributed by atoms with Crippen LogP contribution >= 0.6 is 0 Å². The third-order valence-corrected chi connectivity index (χ3v) is 4.56. The van der Waals surface area contributed by atoms with Crippen LogP contribution in [0.15, 0.2) is 42.9 Å². The van der Waals surface area contributed by atoms with Crippen molar-refractivity contribution in [2.75, 3.05) is 31.1 Å². The topological polar surface area (TPSA) is 90.9 Å². The maximum absolute atomic E-state index is 12.7. The van der Waals surface area contributed by atoms with Gasteiger partial charge in [0.2, 0.25) is 0 Å². The fourth-order valence-corrected chi connectivity index (χ4v) is 3.08. The number of piperazine rings is 1. The highest BCUT2D eigenvalue weighted by molar-refractivity contribution is 5.95. The molecule has 132 valence electrons. The summed E-state index contributed by atoms with van der Waals surface area (Å²) in [5.74, 6) is 0.896. The number of pyridine rings is 1. The summed E-state index contributed by atoms with van der Waals surface area (Å²) in [6.45, 7) is 4.58. The van der Waals surface area contributed by atoms with Crippen LogP contribution in [0.25, 0.3) is 11.3 Å². The van der Waals surface area contributed by atoms with Crippen molar-refractivity contribution in [3.8, 4) is 11.3 Å². The van der Waals surface area contributed by atoms with Gasteiger partial charge in [0.25, 0.3) is 5.91 Å². The zero-order valence-corrected chi connectivity index (χ0v) is 14.5. The van der Waals surface area contributed by atoms with E-state index in [0.717, 1.165) is 30.2 Å². The molecule has 0 aromatic carbocycles. The number of amides is 1. The molecular weight excluding hydrogens is 330 g/mol. The summed E-state index contributed by atoms with van der Waals surface area (Å²) in [6.07, 6.45) is 5.11. The van der Waals surface area contributed by atoms with Crippen molar-refractivity contribution in [1.29, 1.82) is 0 Å². The van der Waals surface area contributed by atoms with Gasteiger partial charge in [-0.2, -0.15) is 15.3 Å². The number of nitrogens with zero attached hydrogens (tertiary/aromatic N) is 6. The van der Waals surface area contributed by atoms with Gasteiger partial charge in [-0.15, -0.1) is 0 Å². The van der Waals surface area contributed by atoms with E-state index in [1.165, 1.54) is 0 Å². The first-order valence-electron chi connectivity index (χ1n) is 8.51. The highest BCUT2D eigenvalue weighted by Gasteiger charge is 2.24. The number of aromatic nitrogens is 5. The Morgan fingerprint density at radius 2 is 2.00 bits per heavy atom. The van der Waals surface area contributed by atoms with Crippen molar-refractivity contribution in [3.63, 3.8) is 0 Å². The molecule has 26 heavy (non-hydrogen) atoms. The van der Waals surface area contributed by atoms with E-state index in [1.54, 1.807) is 31.6 Å². The average Bonchev–Trinajstić information content (AvgIpc) is 3.19. The van der Waals surface area contributed by atoms with Crippen LogP contribution in [0.1, 0.15) is 16.1 Å². The fourth-order valence-electron chi connectivity index (χ4n) is 3.08. The van der Waals surface area contributed by atoms with Crippen LogP contribution < -0.4 is 4.90 Å². The molecule has 8 heteroatoms. The predicted molar refractivity (Wildman–Crippen MR) is 96.7 cm³/mol. The van der Waals surface area contributed by atoms with Crippen molar-refractivity contribution < 1.29 is 4.79 Å². The SMILES string of the molecule is Cc1nnccc1C(=O)N1CCN(c2cc(-c3cccnc3)[nH]n2)CC1. The number of nitrogens with one attached hydrogen (secondary N) is 1. The standard InChI is InChI=1S/C18H19N7O/c1-13-15(4-6-20-21-13)18(26)25-9-7-24(8-10-25)17-11-16(22-23-17)14-3-2-5-19-12-14/h2-6,11-12H,7-10H2,1H3,(H,22,23). The quantitative estimate of drug-likeness (QED) is 0.771. The van der Waals surface area contributed by atoms with Crippen LogP contribution in [0.4, 0.5) is 5.82 Å². The van der Waals surface area contributed by atoms with Gasteiger partial charge in [-0.25, -0.2) is 0 Å². The van der Waals surface area contributed by atoms with E-state index in [0.29, 0.717) is 24.3 Å². The minimum Gasteiger partial charge on any atom is -0.352 e. The summed E-state index contributed by atoms with van der Waals surface area (Å²) in [5.41, 5.74) is 3.21. The molecule has 0 aliphatic carbocycles. The largest absolute Gasteiger partial charge is 0.352 e. The van der Waals surface area contributed by atoms with Gasteiger partial charge in [0.15, 0.2) is 5.82 Å². The molecule has 1 saturated heterocycles. The highest BCUT2D eigenvalue weighted by atomic mass is 16.2. The molecule has 1 aliphatic rings. The number of carbonyl (C=O) groups is 1. The lowest BCUT2D eigenvalue weighted by atomic mass is 10.1. The first-order valence-corrected chi connectivity index (χ1v) is 8.51. The molecule has 1 amide bonds. The van der Waals surface area contributed by atoms with E-state index >= 15 is 0 Å². The maximum atomic E-state index is 12.7. The second kappa shape index (κ2) is 6.91. The molecule has 3 aromatic rings. The molecule has 1 N–H and O–H groups in total. The highest BCUT2D eigenvalue weighted by Crippen LogP contribution is 2.22. The van der Waals surface area contributed by atoms with Crippen molar-refractivity contribution in [2.24, 2.45) is 0 Å². The molecule has 3 aromatic heterocycles. The zero-order chi connectivity index (χ0) is 17.9. The second-order valence-corrected chi connectivity index (χ2v) is 6.19. The van der Waals surface area contributed by atoms with Gasteiger partial charge in [-0.1, -0.05) is 0 Å². The number of carbonyl (C=O) groups excluding carboxylic acids is 1. The molecule has 1 aliphatic heterocycles. The van der Waals surface area contributed by atoms with Crippen LogP contribution in [0.2, 0.25) is 0 Å². The molecule has 0 unspecified atom stereocenters. The van der Waals surface area contributed by atoms with Gasteiger partial charge < -0.3 is 9.80 Å². The molecule has 0 saturated carbocycles. The predicted octanol–water partition coefficient (Wildman–Crippen LogP) is 1.53. The average molecular weight is 349 g/mol. The molecule has 8 nitrogen and oxygen atoms in total. The number of hydrogen-bond donors (Lipinski definition) is 1. The van der Waals surface area contributed by atoms with Crippen molar-refractivity contribution in [3.05, 3.63) is 54.1 Å². The number of H-pyrrole nitrogens is 1. The first-order chi connectivity index (χ1) is 12.7. The van der Waals surface area contributed by atoms with E-state index in [1.807, 2.05) is 23.1 Å². The number of rotatable bonds is 3. The number of aromatic amines is 1. The number of hydrogen-bond acceptors (Lipinski definition) is 6. The van der Waals surface area contributed by atoms with Gasteiger partial charge in [0.1, 0.15) is 0 Å². The minimum absolute atomic E-state index is 0.00938. The van der Waals surface area contributed by atoms with Gasteiger partial charge in [-0.05, 0) is 25.1 Å². The lowest BCUT2D eigenvalue weighted by Gasteiger charge is -2.34. The van der Waals surface area contributed by atoms with E-state index in [4.69, 9.17) is 0 Å². The zero-order valence-electron chi connectivity index (χ0n) is 14.5. The second-order valence-electron chi connectivity index (χ2n) is 6.19. The van der Waals surface area contributed by atoms with Gasteiger partial charge in [0, 0.05) is 50.2 Å². The molecule has 0 bridgehead atoms. The Hall–Kier alpha value is -3.29. The molecule has 0 atom stereocenters. The molecular formula is C18H19N7O. The Labute approximate surface area is 150 Å². The monoisotopic (exact) mass is 349 g/mol. The van der Waals surface area contributed by atoms with Crippen LogP contribution in [-0.4, -0.2) is 62.4 Å². The molecule has 0 spiro atoms. The van der Waals surface area contributed by atoms with E-state index in [-0.39, 0.29) is 5.91 Å². The summed E-state index contributed by atoms with van der Waals surface area (Å²) >= 11 is 0. The van der Waals surface area contributed by atoms with E-state index in [2.05, 4.69) is 30.3 Å². The van der Waals surface area contributed by atoms with Crippen LogP contribution in [0, 0.1) is 6.92 Å². The Morgan fingerprint density at radius 1 is 1.15 bits per heavy atom. The molecule has 0 radical (unpaired) electrons. The first kappa shape index (κ1) is 16.2. The van der Waals surface area contributed by atoms with Crippen LogP contribution in [0.5, 0.6) is 0 Å². The maximum Gasteiger partial charge on any atom is 0.255 e. The van der Waals surface area contributed by atoms with Gasteiger partial charge in [-0.3, -0.25) is 14.9 Å². The van der Waals surface area contributed by atoms with Gasteiger partial charge in [0.05, 0.1) is 23.1 Å². The van der Waals surface area contributed by atoms with Gasteiger partial charge >= 0.3 is 0 Å². The Kier molecular flexibility index (Phi) is 4.30. The molecule has 1 fully saturated rings. The third kappa shape index (κ3) is 3.13. The third-order valence-electron chi connectivity index (χ3n) is 4.56. The number of anilines is 1. The van der Waals surface area contributed by atoms with Crippen molar-refractivity contribution >= 4 is 11.7 Å². The Balaban J connectivity index is 1.42. The van der Waals surface area contributed by atoms with Crippen molar-refractivity contribution in [1.82, 2.24) is 30.3 Å². The summed E-state index contributed by atoms with van der Waals surface area (Å²) in [5, 5.41) is 15.2. The fraction of sp³-hybridized carbons (Fsp3) is 0.278. The minimum atomic E-state index is 0.00938. The van der Waals surface area contributed by atoms with Crippen LogP contribution in [-0.2, 0) is 0 Å². The van der Waals surface area contributed by atoms with Crippen molar-refractivity contribution in [2.45, 2.75) is 6.92 Å². The lowest BCUT2D eigenvalue weighted by molar-refractivity contribution is 0.0745. The lowest BCUT2D eigenvalue weighted by Crippen LogP contribution is -2.49. The summed E-state index contributed by atoms with van der Waals surface area (Å²) in [6, 6.07) is 7.64. The summed E-state index contributed by atoms with van der Waals surface area (Å²) < 4.78 is 0. The smallest absolute Gasteiger partial charge is 0.255 e. The van der Waals surface area contributed by atoms with E-state index in [9.17, 15) is 4.79 Å². The Morgan fingerprint density at radius 3 is 2.73 bits per heavy atom. The van der Waals surface area contributed by atoms with Crippen LogP contribution in [0.3, 0.4) is 0 Å². The molecule has 4 rings (SSSR count). The molecule has 4 heterocycles. The van der Waals surface area contributed by atoms with E-state index < -0.39 is 0 Å². The Bertz CT molecular complexity index is 901. The summed E-state index contributed by atoms with van der Waals surface area (Å²) in [4.78, 5) is 20.8.